The number of benzene rings is 1. The minimum atomic E-state index is -0.159. The molecule has 2 aromatic rings. The highest BCUT2D eigenvalue weighted by Gasteiger charge is 2.28. The molecule has 0 spiro atoms. The predicted molar refractivity (Wildman–Crippen MR) is 89.7 cm³/mol. The van der Waals surface area contributed by atoms with Gasteiger partial charge in [0.1, 0.15) is 0 Å². The fourth-order valence-electron chi connectivity index (χ4n) is 2.93. The van der Waals surface area contributed by atoms with Crippen molar-refractivity contribution in [3.8, 4) is 11.5 Å². The molecule has 1 fully saturated rings. The van der Waals surface area contributed by atoms with Gasteiger partial charge in [-0.2, -0.15) is 0 Å². The van der Waals surface area contributed by atoms with Gasteiger partial charge in [-0.1, -0.05) is 0 Å². The molecule has 7 heteroatoms. The smallest absolute Gasteiger partial charge is 0.309 e. The second-order valence-electron chi connectivity index (χ2n) is 6.02. The molecule has 1 saturated heterocycles. The van der Waals surface area contributed by atoms with Crippen LogP contribution < -0.4 is 0 Å². The molecule has 1 aliphatic rings. The maximum atomic E-state index is 12.6. The van der Waals surface area contributed by atoms with Crippen LogP contribution in [-0.2, 0) is 9.53 Å². The number of amides is 1. The Morgan fingerprint density at radius 1 is 1.20 bits per heavy atom. The Labute approximate surface area is 146 Å². The largest absolute Gasteiger partial charge is 0.466 e. The zero-order chi connectivity index (χ0) is 17.8. The van der Waals surface area contributed by atoms with Crippen molar-refractivity contribution >= 4 is 11.9 Å². The molecule has 0 saturated carbocycles. The number of piperidine rings is 1. The van der Waals surface area contributed by atoms with Crippen LogP contribution in [0.5, 0.6) is 0 Å². The lowest BCUT2D eigenvalue weighted by atomic mass is 9.96. The van der Waals surface area contributed by atoms with Crippen LogP contribution >= 0.6 is 0 Å². The molecule has 3 rings (SSSR count). The number of aromatic nitrogens is 2. The van der Waals surface area contributed by atoms with Crippen LogP contribution in [0.15, 0.2) is 28.7 Å². The van der Waals surface area contributed by atoms with Crippen LogP contribution in [0.25, 0.3) is 11.5 Å². The number of hydrogen-bond donors (Lipinski definition) is 0. The van der Waals surface area contributed by atoms with Gasteiger partial charge in [0, 0.05) is 31.1 Å². The predicted octanol–water partition coefficient (Wildman–Crippen LogP) is 2.46. The van der Waals surface area contributed by atoms with E-state index < -0.39 is 0 Å². The van der Waals surface area contributed by atoms with E-state index in [1.807, 2.05) is 0 Å². The van der Waals surface area contributed by atoms with Gasteiger partial charge in [-0.25, -0.2) is 0 Å². The summed E-state index contributed by atoms with van der Waals surface area (Å²) in [5.74, 6) is 0.642. The van der Waals surface area contributed by atoms with Crippen LogP contribution in [0.1, 0.15) is 36.0 Å². The Morgan fingerprint density at radius 2 is 1.88 bits per heavy atom. The van der Waals surface area contributed by atoms with E-state index in [9.17, 15) is 9.59 Å². The molecule has 0 radical (unpaired) electrons. The zero-order valence-corrected chi connectivity index (χ0v) is 14.4. The number of ether oxygens (including phenoxy) is 1. The van der Waals surface area contributed by atoms with Crippen LogP contribution in [0.2, 0.25) is 0 Å². The van der Waals surface area contributed by atoms with Gasteiger partial charge in [-0.05, 0) is 44.0 Å². The first-order chi connectivity index (χ1) is 12.1. The second-order valence-corrected chi connectivity index (χ2v) is 6.02. The second kappa shape index (κ2) is 7.46. The Balaban J connectivity index is 1.61. The third-order valence-electron chi connectivity index (χ3n) is 4.31. The van der Waals surface area contributed by atoms with E-state index in [2.05, 4.69) is 10.2 Å². The zero-order valence-electron chi connectivity index (χ0n) is 14.4. The first-order valence-electron chi connectivity index (χ1n) is 8.45. The molecule has 1 aliphatic heterocycles. The molecule has 0 unspecified atom stereocenters. The molecule has 0 atom stereocenters. The molecular weight excluding hydrogens is 322 g/mol. The lowest BCUT2D eigenvalue weighted by molar-refractivity contribution is -0.149. The van der Waals surface area contributed by atoms with Crippen molar-refractivity contribution in [3.05, 3.63) is 35.7 Å². The summed E-state index contributed by atoms with van der Waals surface area (Å²) in [6.45, 7) is 5.05. The Bertz CT molecular complexity index is 746. The maximum Gasteiger partial charge on any atom is 0.309 e. The standard InChI is InChI=1S/C18H21N3O4/c1-3-24-18(23)15-8-10-21(11-9-15)17(22)14-6-4-13(5-7-14)16-20-19-12(2)25-16/h4-7,15H,3,8-11H2,1-2H3. The van der Waals surface area contributed by atoms with Crippen molar-refractivity contribution in [2.75, 3.05) is 19.7 Å². The first kappa shape index (κ1) is 17.1. The third-order valence-corrected chi connectivity index (χ3v) is 4.31. The molecule has 25 heavy (non-hydrogen) atoms. The van der Waals surface area contributed by atoms with Gasteiger partial charge < -0.3 is 14.1 Å². The van der Waals surface area contributed by atoms with Crippen molar-refractivity contribution in [2.45, 2.75) is 26.7 Å². The molecule has 132 valence electrons. The summed E-state index contributed by atoms with van der Waals surface area (Å²) in [7, 11) is 0. The van der Waals surface area contributed by atoms with E-state index in [0.717, 1.165) is 5.56 Å². The lowest BCUT2D eigenvalue weighted by Gasteiger charge is -2.31. The quantitative estimate of drug-likeness (QED) is 0.793. The molecule has 1 aromatic carbocycles. The number of likely N-dealkylation sites (tertiary alicyclic amines) is 1. The van der Waals surface area contributed by atoms with Crippen molar-refractivity contribution in [1.82, 2.24) is 15.1 Å². The van der Waals surface area contributed by atoms with Crippen LogP contribution in [0.3, 0.4) is 0 Å². The minimum Gasteiger partial charge on any atom is -0.466 e. The highest BCUT2D eigenvalue weighted by molar-refractivity contribution is 5.94. The molecular formula is C18H21N3O4. The Hall–Kier alpha value is -2.70. The number of carbonyl (C=O) groups excluding carboxylic acids is 2. The van der Waals surface area contributed by atoms with Crippen LogP contribution in [-0.4, -0.2) is 46.7 Å². The normalized spacial score (nSPS) is 15.2. The number of hydrogen-bond acceptors (Lipinski definition) is 6. The van der Waals surface area contributed by atoms with Gasteiger partial charge in [-0.3, -0.25) is 9.59 Å². The Morgan fingerprint density at radius 3 is 2.44 bits per heavy atom. The summed E-state index contributed by atoms with van der Waals surface area (Å²) in [5, 5.41) is 7.76. The average Bonchev–Trinajstić information content (AvgIpc) is 3.08. The highest BCUT2D eigenvalue weighted by Crippen LogP contribution is 2.22. The fraction of sp³-hybridized carbons (Fsp3) is 0.444. The van der Waals surface area contributed by atoms with Gasteiger partial charge in [0.05, 0.1) is 12.5 Å². The summed E-state index contributed by atoms with van der Waals surface area (Å²) in [6, 6.07) is 7.11. The van der Waals surface area contributed by atoms with Crippen LogP contribution in [0, 0.1) is 12.8 Å². The molecule has 0 bridgehead atoms. The molecule has 1 aromatic heterocycles. The number of rotatable bonds is 4. The number of nitrogens with zero attached hydrogens (tertiary/aromatic N) is 3. The highest BCUT2D eigenvalue weighted by atomic mass is 16.5. The molecule has 0 N–H and O–H groups in total. The Kier molecular flexibility index (Phi) is 5.11. The fourth-order valence-corrected chi connectivity index (χ4v) is 2.93. The van der Waals surface area contributed by atoms with E-state index in [-0.39, 0.29) is 17.8 Å². The number of esters is 1. The number of aryl methyl sites for hydroxylation is 1. The van der Waals surface area contributed by atoms with Gasteiger partial charge in [0.15, 0.2) is 0 Å². The van der Waals surface area contributed by atoms with Gasteiger partial charge >= 0.3 is 5.97 Å². The van der Waals surface area contributed by atoms with Crippen molar-refractivity contribution in [1.29, 1.82) is 0 Å². The molecule has 7 nitrogen and oxygen atoms in total. The first-order valence-corrected chi connectivity index (χ1v) is 8.45. The molecule has 1 amide bonds. The van der Waals surface area contributed by atoms with Gasteiger partial charge in [0.2, 0.25) is 11.8 Å². The molecule has 0 aliphatic carbocycles. The summed E-state index contributed by atoms with van der Waals surface area (Å²) in [4.78, 5) is 26.2. The monoisotopic (exact) mass is 343 g/mol. The van der Waals surface area contributed by atoms with Crippen LogP contribution in [0.4, 0.5) is 0 Å². The van der Waals surface area contributed by atoms with Crippen molar-refractivity contribution in [3.63, 3.8) is 0 Å². The minimum absolute atomic E-state index is 0.0319. The maximum absolute atomic E-state index is 12.6. The SMILES string of the molecule is CCOC(=O)C1CCN(C(=O)c2ccc(-c3nnc(C)o3)cc2)CC1. The number of carbonyl (C=O) groups is 2. The average molecular weight is 343 g/mol. The lowest BCUT2D eigenvalue weighted by Crippen LogP contribution is -2.40. The van der Waals surface area contributed by atoms with Crippen molar-refractivity contribution < 1.29 is 18.7 Å². The summed E-state index contributed by atoms with van der Waals surface area (Å²) >= 11 is 0. The van der Waals surface area contributed by atoms with E-state index in [0.29, 0.717) is 49.9 Å². The van der Waals surface area contributed by atoms with E-state index in [1.54, 1.807) is 43.0 Å². The topological polar surface area (TPSA) is 85.5 Å². The van der Waals surface area contributed by atoms with E-state index in [1.165, 1.54) is 0 Å². The molecule has 2 heterocycles. The summed E-state index contributed by atoms with van der Waals surface area (Å²) in [5.41, 5.74) is 1.38. The van der Waals surface area contributed by atoms with Crippen molar-refractivity contribution in [2.24, 2.45) is 5.92 Å². The van der Waals surface area contributed by atoms with Gasteiger partial charge in [-0.15, -0.1) is 10.2 Å². The summed E-state index contributed by atoms with van der Waals surface area (Å²) in [6.07, 6.45) is 1.29. The summed E-state index contributed by atoms with van der Waals surface area (Å²) < 4.78 is 10.4. The van der Waals surface area contributed by atoms with Gasteiger partial charge in [0.25, 0.3) is 5.91 Å². The third kappa shape index (κ3) is 3.87. The van der Waals surface area contributed by atoms with E-state index in [4.69, 9.17) is 9.15 Å². The van der Waals surface area contributed by atoms with E-state index >= 15 is 0 Å².